The number of esters is 1. The number of hydrogen-bond acceptors (Lipinski definition) is 4. The maximum Gasteiger partial charge on any atom is 0.338 e. The number of methoxy groups -OCH3 is 1. The van der Waals surface area contributed by atoms with Gasteiger partial charge in [0.05, 0.1) is 12.7 Å². The molecule has 0 aliphatic carbocycles. The summed E-state index contributed by atoms with van der Waals surface area (Å²) >= 11 is 0. The van der Waals surface area contributed by atoms with Crippen molar-refractivity contribution in [3.05, 3.63) is 35.4 Å². The van der Waals surface area contributed by atoms with Crippen LogP contribution in [-0.4, -0.2) is 18.8 Å². The van der Waals surface area contributed by atoms with Gasteiger partial charge in [-0.15, -0.1) is 0 Å². The number of ether oxygens (including phenoxy) is 1. The van der Waals surface area contributed by atoms with Gasteiger partial charge >= 0.3 is 5.97 Å². The van der Waals surface area contributed by atoms with Crippen LogP contribution in [0.3, 0.4) is 0 Å². The summed E-state index contributed by atoms with van der Waals surface area (Å²) in [6.45, 7) is 4.28. The van der Waals surface area contributed by atoms with Crippen LogP contribution in [0.2, 0.25) is 0 Å². The van der Waals surface area contributed by atoms with E-state index in [1.54, 1.807) is 0 Å². The zero-order valence-corrected chi connectivity index (χ0v) is 12.1. The number of rotatable bonds is 6. The molecule has 0 saturated heterocycles. The van der Waals surface area contributed by atoms with Crippen LogP contribution in [0.4, 0.5) is 0 Å². The summed E-state index contributed by atoms with van der Waals surface area (Å²) < 4.78 is 4.82. The van der Waals surface area contributed by atoms with E-state index >= 15 is 0 Å². The van der Waals surface area contributed by atoms with E-state index in [2.05, 4.69) is 13.8 Å². The van der Waals surface area contributed by atoms with Crippen LogP contribution in [0.5, 0.6) is 0 Å². The average molecular weight is 270 g/mol. The van der Waals surface area contributed by atoms with E-state index in [4.69, 9.17) is 4.74 Å². The van der Waals surface area contributed by atoms with E-state index in [0.717, 1.165) is 17.7 Å². The zero-order valence-electron chi connectivity index (χ0n) is 10.4. The molecule has 0 aliphatic rings. The molecule has 1 aromatic carbocycles. The lowest BCUT2D eigenvalue weighted by atomic mass is 10.0. The van der Waals surface area contributed by atoms with Gasteiger partial charge in [0, 0.05) is 11.0 Å². The van der Waals surface area contributed by atoms with E-state index in [1.165, 1.54) is 7.11 Å². The Morgan fingerprint density at radius 2 is 2.06 bits per heavy atom. The molecule has 0 bridgehead atoms. The molecule has 0 aromatic heterocycles. The molecule has 94 valence electrons. The smallest absolute Gasteiger partial charge is 0.338 e. The highest BCUT2D eigenvalue weighted by atomic mass is 33.1. The molecule has 0 amide bonds. The van der Waals surface area contributed by atoms with Crippen molar-refractivity contribution in [3.63, 3.8) is 0 Å². The van der Waals surface area contributed by atoms with Crippen LogP contribution < -0.4 is 0 Å². The first-order valence-electron chi connectivity index (χ1n) is 5.70. The second kappa shape index (κ2) is 7.67. The Balaban J connectivity index is 2.97. The number of carbonyl (C=O) groups is 1. The third-order valence-electron chi connectivity index (χ3n) is 2.39. The monoisotopic (exact) mass is 270 g/mol. The number of carbonyl (C=O) groups excluding carboxylic acids is 1. The van der Waals surface area contributed by atoms with Crippen LogP contribution >= 0.6 is 21.6 Å². The predicted molar refractivity (Wildman–Crippen MR) is 76.5 cm³/mol. The first-order valence-corrected chi connectivity index (χ1v) is 8.08. The number of benzene rings is 1. The highest BCUT2D eigenvalue weighted by Gasteiger charge is 2.18. The lowest BCUT2D eigenvalue weighted by Gasteiger charge is -2.16. The first-order chi connectivity index (χ1) is 8.24. The van der Waals surface area contributed by atoms with Crippen molar-refractivity contribution >= 4 is 27.6 Å². The molecular formula is C13H18O2S2. The van der Waals surface area contributed by atoms with E-state index in [-0.39, 0.29) is 5.97 Å². The van der Waals surface area contributed by atoms with Crippen molar-refractivity contribution in [2.24, 2.45) is 0 Å². The van der Waals surface area contributed by atoms with Crippen LogP contribution in [0, 0.1) is 0 Å². The minimum absolute atomic E-state index is 0.249. The third kappa shape index (κ3) is 3.96. The summed E-state index contributed by atoms with van der Waals surface area (Å²) in [5.74, 6) is 0.822. The van der Waals surface area contributed by atoms with Crippen LogP contribution in [0.15, 0.2) is 24.3 Å². The zero-order chi connectivity index (χ0) is 12.7. The Hall–Kier alpha value is -0.610. The molecule has 1 aromatic rings. The van der Waals surface area contributed by atoms with Crippen LogP contribution in [0.1, 0.15) is 41.4 Å². The highest BCUT2D eigenvalue weighted by molar-refractivity contribution is 8.76. The minimum atomic E-state index is -0.249. The van der Waals surface area contributed by atoms with Crippen molar-refractivity contribution < 1.29 is 9.53 Å². The van der Waals surface area contributed by atoms with Crippen molar-refractivity contribution in [1.29, 1.82) is 0 Å². The number of hydrogen-bond donors (Lipinski definition) is 0. The highest BCUT2D eigenvalue weighted by Crippen LogP contribution is 2.41. The Morgan fingerprint density at radius 3 is 2.65 bits per heavy atom. The van der Waals surface area contributed by atoms with Crippen molar-refractivity contribution in [3.8, 4) is 0 Å². The summed E-state index contributed by atoms with van der Waals surface area (Å²) in [5.41, 5.74) is 1.76. The van der Waals surface area contributed by atoms with Gasteiger partial charge in [0.25, 0.3) is 0 Å². The van der Waals surface area contributed by atoms with Crippen molar-refractivity contribution in [2.45, 2.75) is 25.5 Å². The molecule has 2 nitrogen and oxygen atoms in total. The summed E-state index contributed by atoms with van der Waals surface area (Å²) in [6.07, 6.45) is 1.01. The molecule has 17 heavy (non-hydrogen) atoms. The fourth-order valence-electron chi connectivity index (χ4n) is 1.56. The predicted octanol–water partition coefficient (Wildman–Crippen LogP) is 4.33. The molecule has 1 unspecified atom stereocenters. The van der Waals surface area contributed by atoms with Gasteiger partial charge in [0.15, 0.2) is 0 Å². The summed E-state index contributed by atoms with van der Waals surface area (Å²) in [6, 6.07) is 7.70. The second-order valence-corrected chi connectivity index (χ2v) is 6.34. The molecule has 4 heteroatoms. The standard InChI is InChI=1S/C13H18O2S2/c1-4-12(17-16-5-2)10-8-6-7-9-11(10)13(14)15-3/h6-9,12H,4-5H2,1-3H3. The van der Waals surface area contributed by atoms with Gasteiger partial charge in [-0.05, 0) is 18.1 Å². The SMILES string of the molecule is CCSSC(CC)c1ccccc1C(=O)OC. The van der Waals surface area contributed by atoms with E-state index in [0.29, 0.717) is 10.8 Å². The average Bonchev–Trinajstić information content (AvgIpc) is 2.39. The topological polar surface area (TPSA) is 26.3 Å². The maximum atomic E-state index is 11.7. The molecule has 0 spiro atoms. The summed E-state index contributed by atoms with van der Waals surface area (Å²) in [4.78, 5) is 11.7. The Bertz CT molecular complexity index is 366. The summed E-state index contributed by atoms with van der Waals surface area (Å²) in [7, 11) is 5.08. The van der Waals surface area contributed by atoms with Gasteiger partial charge in [0.1, 0.15) is 0 Å². The molecule has 1 atom stereocenters. The summed E-state index contributed by atoms with van der Waals surface area (Å²) in [5, 5.41) is 0.343. The van der Waals surface area contributed by atoms with Gasteiger partial charge in [-0.1, -0.05) is 53.6 Å². The van der Waals surface area contributed by atoms with Crippen molar-refractivity contribution in [2.75, 3.05) is 12.9 Å². The molecule has 0 saturated carbocycles. The molecular weight excluding hydrogens is 252 g/mol. The van der Waals surface area contributed by atoms with Gasteiger partial charge in [-0.3, -0.25) is 0 Å². The van der Waals surface area contributed by atoms with Gasteiger partial charge < -0.3 is 4.74 Å². The maximum absolute atomic E-state index is 11.7. The lowest BCUT2D eigenvalue weighted by Crippen LogP contribution is -2.07. The normalized spacial score (nSPS) is 12.2. The second-order valence-electron chi connectivity index (χ2n) is 3.48. The Labute approximate surface area is 111 Å². The Kier molecular flexibility index (Phi) is 6.52. The van der Waals surface area contributed by atoms with Crippen molar-refractivity contribution in [1.82, 2.24) is 0 Å². The Morgan fingerprint density at radius 1 is 1.35 bits per heavy atom. The van der Waals surface area contributed by atoms with Crippen LogP contribution in [-0.2, 0) is 4.74 Å². The quantitative estimate of drug-likeness (QED) is 0.568. The fourth-order valence-corrected chi connectivity index (χ4v) is 3.93. The molecule has 0 radical (unpaired) electrons. The van der Waals surface area contributed by atoms with Gasteiger partial charge in [0.2, 0.25) is 0 Å². The van der Waals surface area contributed by atoms with Crippen LogP contribution in [0.25, 0.3) is 0 Å². The minimum Gasteiger partial charge on any atom is -0.465 e. The van der Waals surface area contributed by atoms with E-state index < -0.39 is 0 Å². The van der Waals surface area contributed by atoms with Gasteiger partial charge in [-0.2, -0.15) is 0 Å². The van der Waals surface area contributed by atoms with E-state index in [9.17, 15) is 4.79 Å². The molecule has 0 aliphatic heterocycles. The third-order valence-corrected chi connectivity index (χ3v) is 5.39. The van der Waals surface area contributed by atoms with Gasteiger partial charge in [-0.25, -0.2) is 4.79 Å². The van der Waals surface area contributed by atoms with E-state index in [1.807, 2.05) is 45.9 Å². The fraction of sp³-hybridized carbons (Fsp3) is 0.462. The molecule has 0 heterocycles. The molecule has 1 rings (SSSR count). The molecule has 0 fully saturated rings. The first kappa shape index (κ1) is 14.5. The lowest BCUT2D eigenvalue weighted by molar-refractivity contribution is 0.0599. The molecule has 0 N–H and O–H groups in total. The largest absolute Gasteiger partial charge is 0.465 e.